The molecule has 0 saturated heterocycles. The van der Waals surface area contributed by atoms with Gasteiger partial charge in [-0.1, -0.05) is 17.7 Å². The Morgan fingerprint density at radius 3 is 2.65 bits per heavy atom. The molecule has 106 valence electrons. The van der Waals surface area contributed by atoms with Gasteiger partial charge in [0.15, 0.2) is 0 Å². The lowest BCUT2D eigenvalue weighted by Crippen LogP contribution is -2.23. The number of phenols is 1. The van der Waals surface area contributed by atoms with Crippen LogP contribution in [0.3, 0.4) is 0 Å². The number of rotatable bonds is 4. The van der Waals surface area contributed by atoms with E-state index < -0.39 is 0 Å². The Bertz CT molecular complexity index is 613. The van der Waals surface area contributed by atoms with Crippen molar-refractivity contribution in [3.63, 3.8) is 0 Å². The molecule has 0 aliphatic heterocycles. The summed E-state index contributed by atoms with van der Waals surface area (Å²) in [6.07, 6.45) is 0. The summed E-state index contributed by atoms with van der Waals surface area (Å²) in [5.41, 5.74) is 9.84. The normalized spacial score (nSPS) is 10.6. The molecule has 20 heavy (non-hydrogen) atoms. The van der Waals surface area contributed by atoms with E-state index in [1.807, 2.05) is 25.1 Å². The quantitative estimate of drug-likeness (QED) is 0.838. The monoisotopic (exact) mass is 290 g/mol. The molecule has 0 fully saturated rings. The van der Waals surface area contributed by atoms with Gasteiger partial charge in [-0.2, -0.15) is 0 Å². The Morgan fingerprint density at radius 2 is 1.95 bits per heavy atom. The van der Waals surface area contributed by atoms with Crippen LogP contribution in [0.25, 0.3) is 0 Å². The summed E-state index contributed by atoms with van der Waals surface area (Å²) in [6, 6.07) is 10.9. The standard InChI is InChI=1S/C16H19ClN2O/c1-3-19(16-9-14(20)6-4-11(16)2)10-12-8-13(17)5-7-15(12)18/h4-9,20H,3,10,18H2,1-2H3. The molecule has 0 spiro atoms. The second-order valence-corrected chi connectivity index (χ2v) is 5.26. The largest absolute Gasteiger partial charge is 0.508 e. The smallest absolute Gasteiger partial charge is 0.117 e. The Balaban J connectivity index is 2.33. The zero-order valence-corrected chi connectivity index (χ0v) is 12.5. The van der Waals surface area contributed by atoms with Gasteiger partial charge in [0.25, 0.3) is 0 Å². The summed E-state index contributed by atoms with van der Waals surface area (Å²) in [5.74, 6) is 0.267. The summed E-state index contributed by atoms with van der Waals surface area (Å²) < 4.78 is 0. The second-order valence-electron chi connectivity index (χ2n) is 4.83. The minimum absolute atomic E-state index is 0.267. The van der Waals surface area contributed by atoms with Crippen LogP contribution >= 0.6 is 11.6 Å². The maximum absolute atomic E-state index is 9.67. The first-order valence-corrected chi connectivity index (χ1v) is 6.97. The summed E-state index contributed by atoms with van der Waals surface area (Å²) >= 11 is 6.03. The number of hydrogen-bond acceptors (Lipinski definition) is 3. The van der Waals surface area contributed by atoms with Crippen LogP contribution < -0.4 is 10.6 Å². The first kappa shape index (κ1) is 14.5. The highest BCUT2D eigenvalue weighted by molar-refractivity contribution is 6.30. The predicted octanol–water partition coefficient (Wildman–Crippen LogP) is 3.96. The van der Waals surface area contributed by atoms with E-state index in [0.29, 0.717) is 11.6 Å². The summed E-state index contributed by atoms with van der Waals surface area (Å²) in [4.78, 5) is 2.16. The van der Waals surface area contributed by atoms with Crippen LogP contribution in [0.2, 0.25) is 5.02 Å². The van der Waals surface area contributed by atoms with E-state index in [4.69, 9.17) is 17.3 Å². The number of nitrogens with two attached hydrogens (primary N) is 1. The fourth-order valence-electron chi connectivity index (χ4n) is 2.22. The number of hydrogen-bond donors (Lipinski definition) is 2. The third kappa shape index (κ3) is 3.17. The van der Waals surface area contributed by atoms with E-state index in [2.05, 4.69) is 11.8 Å². The molecule has 3 nitrogen and oxygen atoms in total. The molecule has 0 amide bonds. The highest BCUT2D eigenvalue weighted by atomic mass is 35.5. The Hall–Kier alpha value is -1.87. The fraction of sp³-hybridized carbons (Fsp3) is 0.250. The van der Waals surface area contributed by atoms with Crippen LogP contribution in [0.1, 0.15) is 18.1 Å². The van der Waals surface area contributed by atoms with E-state index in [9.17, 15) is 5.11 Å². The SMILES string of the molecule is CCN(Cc1cc(Cl)ccc1N)c1cc(O)ccc1C. The minimum atomic E-state index is 0.267. The van der Waals surface area contributed by atoms with Gasteiger partial charge in [0.05, 0.1) is 0 Å². The second kappa shape index (κ2) is 6.06. The molecule has 0 aliphatic carbocycles. The minimum Gasteiger partial charge on any atom is -0.508 e. The van der Waals surface area contributed by atoms with Crippen LogP contribution in [-0.2, 0) is 6.54 Å². The first-order chi connectivity index (χ1) is 9.51. The molecule has 0 atom stereocenters. The van der Waals surface area contributed by atoms with Gasteiger partial charge in [-0.25, -0.2) is 0 Å². The number of aromatic hydroxyl groups is 1. The molecule has 0 radical (unpaired) electrons. The molecule has 2 aromatic rings. The number of benzene rings is 2. The van der Waals surface area contributed by atoms with Crippen LogP contribution in [0.4, 0.5) is 11.4 Å². The van der Waals surface area contributed by atoms with Crippen molar-refractivity contribution in [1.29, 1.82) is 0 Å². The Kier molecular flexibility index (Phi) is 4.40. The zero-order chi connectivity index (χ0) is 14.7. The molecular formula is C16H19ClN2O. The van der Waals surface area contributed by atoms with Crippen molar-refractivity contribution >= 4 is 23.0 Å². The van der Waals surface area contributed by atoms with Crippen molar-refractivity contribution in [3.8, 4) is 5.75 Å². The van der Waals surface area contributed by atoms with E-state index in [1.54, 1.807) is 18.2 Å². The Labute approximate surface area is 124 Å². The van der Waals surface area contributed by atoms with Crippen molar-refractivity contribution in [2.75, 3.05) is 17.2 Å². The van der Waals surface area contributed by atoms with Crippen LogP contribution in [0.5, 0.6) is 5.75 Å². The van der Waals surface area contributed by atoms with E-state index in [0.717, 1.165) is 29.0 Å². The molecule has 4 heteroatoms. The van der Waals surface area contributed by atoms with Gasteiger partial charge in [0.1, 0.15) is 5.75 Å². The van der Waals surface area contributed by atoms with Gasteiger partial charge in [-0.15, -0.1) is 0 Å². The zero-order valence-electron chi connectivity index (χ0n) is 11.7. The van der Waals surface area contributed by atoms with Gasteiger partial charge in [-0.05, 0) is 49.2 Å². The van der Waals surface area contributed by atoms with Crippen LogP contribution in [0, 0.1) is 6.92 Å². The number of aryl methyl sites for hydroxylation is 1. The highest BCUT2D eigenvalue weighted by Gasteiger charge is 2.11. The average molecular weight is 291 g/mol. The van der Waals surface area contributed by atoms with E-state index in [-0.39, 0.29) is 5.75 Å². The number of nitrogen functional groups attached to an aromatic ring is 1. The number of nitrogens with zero attached hydrogens (tertiary/aromatic N) is 1. The topological polar surface area (TPSA) is 49.5 Å². The summed E-state index contributed by atoms with van der Waals surface area (Å²) in [5, 5.41) is 10.4. The first-order valence-electron chi connectivity index (χ1n) is 6.59. The lowest BCUT2D eigenvalue weighted by Gasteiger charge is -2.26. The van der Waals surface area contributed by atoms with Crippen molar-refractivity contribution in [1.82, 2.24) is 0 Å². The molecular weight excluding hydrogens is 272 g/mol. The lowest BCUT2D eigenvalue weighted by atomic mass is 10.1. The molecule has 2 rings (SSSR count). The molecule has 0 heterocycles. The average Bonchev–Trinajstić information content (AvgIpc) is 2.42. The third-order valence-electron chi connectivity index (χ3n) is 3.38. The maximum Gasteiger partial charge on any atom is 0.117 e. The number of halogens is 1. The van der Waals surface area contributed by atoms with Gasteiger partial charge in [-0.3, -0.25) is 0 Å². The van der Waals surface area contributed by atoms with Crippen LogP contribution in [0.15, 0.2) is 36.4 Å². The lowest BCUT2D eigenvalue weighted by molar-refractivity contribution is 0.475. The molecule has 0 bridgehead atoms. The van der Waals surface area contributed by atoms with Crippen LogP contribution in [-0.4, -0.2) is 11.7 Å². The van der Waals surface area contributed by atoms with Crippen molar-refractivity contribution in [3.05, 3.63) is 52.5 Å². The maximum atomic E-state index is 9.67. The number of phenolic OH excluding ortho intramolecular Hbond substituents is 1. The fourth-order valence-corrected chi connectivity index (χ4v) is 2.42. The van der Waals surface area contributed by atoms with Gasteiger partial charge in [0, 0.05) is 35.6 Å². The van der Waals surface area contributed by atoms with Gasteiger partial charge < -0.3 is 15.7 Å². The molecule has 3 N–H and O–H groups in total. The summed E-state index contributed by atoms with van der Waals surface area (Å²) in [7, 11) is 0. The van der Waals surface area contributed by atoms with Gasteiger partial charge >= 0.3 is 0 Å². The molecule has 0 aliphatic rings. The molecule has 2 aromatic carbocycles. The third-order valence-corrected chi connectivity index (χ3v) is 3.62. The summed E-state index contributed by atoms with van der Waals surface area (Å²) in [6.45, 7) is 5.58. The molecule has 0 unspecified atom stereocenters. The number of anilines is 2. The molecule has 0 saturated carbocycles. The van der Waals surface area contributed by atoms with Crippen molar-refractivity contribution in [2.24, 2.45) is 0 Å². The Morgan fingerprint density at radius 1 is 1.20 bits per heavy atom. The highest BCUT2D eigenvalue weighted by Crippen LogP contribution is 2.28. The predicted molar refractivity (Wildman–Crippen MR) is 85.4 cm³/mol. The van der Waals surface area contributed by atoms with Crippen molar-refractivity contribution < 1.29 is 5.11 Å². The van der Waals surface area contributed by atoms with Gasteiger partial charge in [0.2, 0.25) is 0 Å². The molecule has 0 aromatic heterocycles. The van der Waals surface area contributed by atoms with E-state index >= 15 is 0 Å². The van der Waals surface area contributed by atoms with E-state index in [1.165, 1.54) is 0 Å². The van der Waals surface area contributed by atoms with Crippen molar-refractivity contribution in [2.45, 2.75) is 20.4 Å².